The Bertz CT molecular complexity index is 638. The van der Waals surface area contributed by atoms with Crippen molar-refractivity contribution in [2.24, 2.45) is 10.9 Å². The summed E-state index contributed by atoms with van der Waals surface area (Å²) in [6, 6.07) is 8.64. The highest BCUT2D eigenvalue weighted by atomic mass is 16.5. The Kier molecular flexibility index (Phi) is 7.10. The van der Waals surface area contributed by atoms with Gasteiger partial charge in [-0.3, -0.25) is 9.79 Å². The van der Waals surface area contributed by atoms with E-state index in [4.69, 9.17) is 4.74 Å². The van der Waals surface area contributed by atoms with Gasteiger partial charge in [0.05, 0.1) is 6.61 Å². The lowest BCUT2D eigenvalue weighted by atomic mass is 10.1. The normalized spacial score (nSPS) is 20.9. The highest BCUT2D eigenvalue weighted by molar-refractivity contribution is 5.81. The van der Waals surface area contributed by atoms with Crippen molar-refractivity contribution in [1.29, 1.82) is 0 Å². The average molecular weight is 373 g/mol. The second-order valence-electron chi connectivity index (χ2n) is 7.57. The van der Waals surface area contributed by atoms with Crippen LogP contribution in [0.25, 0.3) is 0 Å². The highest BCUT2D eigenvalue weighted by Crippen LogP contribution is 2.27. The molecule has 6 heteroatoms. The van der Waals surface area contributed by atoms with Crippen molar-refractivity contribution in [3.05, 3.63) is 35.4 Å². The number of methoxy groups -OCH3 is 1. The highest BCUT2D eigenvalue weighted by Gasteiger charge is 2.32. The van der Waals surface area contributed by atoms with E-state index >= 15 is 0 Å². The molecule has 1 aliphatic carbocycles. The number of nitrogens with zero attached hydrogens (tertiary/aromatic N) is 2. The fourth-order valence-corrected chi connectivity index (χ4v) is 4.00. The third-order valence-electron chi connectivity index (χ3n) is 5.56. The number of amides is 1. The molecule has 2 aliphatic rings. The monoisotopic (exact) mass is 372 g/mol. The number of carbonyl (C=O) groups is 1. The summed E-state index contributed by atoms with van der Waals surface area (Å²) in [5.74, 6) is 1.41. The molecule has 0 aromatic heterocycles. The van der Waals surface area contributed by atoms with E-state index < -0.39 is 0 Å². The van der Waals surface area contributed by atoms with Crippen LogP contribution < -0.4 is 10.6 Å². The number of benzene rings is 1. The van der Waals surface area contributed by atoms with Crippen molar-refractivity contribution in [1.82, 2.24) is 15.5 Å². The summed E-state index contributed by atoms with van der Waals surface area (Å²) in [4.78, 5) is 18.9. The largest absolute Gasteiger partial charge is 0.380 e. The summed E-state index contributed by atoms with van der Waals surface area (Å²) >= 11 is 0. The zero-order valence-corrected chi connectivity index (χ0v) is 16.5. The average Bonchev–Trinajstić information content (AvgIpc) is 3.38. The standard InChI is InChI=1S/C21H32N4O2/c1-22-21(23-13-16-7-9-17(10-8-16)15-27-2)24-19-11-12-25(14-19)20(26)18-5-3-4-6-18/h7-10,18-19H,3-6,11-15H2,1-2H3,(H2,22,23,24). The minimum Gasteiger partial charge on any atom is -0.380 e. The van der Waals surface area contributed by atoms with Crippen LogP contribution in [-0.2, 0) is 22.7 Å². The van der Waals surface area contributed by atoms with Gasteiger partial charge in [-0.15, -0.1) is 0 Å². The Labute approximate surface area is 162 Å². The van der Waals surface area contributed by atoms with Gasteiger partial charge in [0.25, 0.3) is 0 Å². The maximum Gasteiger partial charge on any atom is 0.225 e. The Morgan fingerprint density at radius 3 is 2.56 bits per heavy atom. The lowest BCUT2D eigenvalue weighted by Gasteiger charge is -2.21. The van der Waals surface area contributed by atoms with Crippen molar-refractivity contribution < 1.29 is 9.53 Å². The first-order valence-electron chi connectivity index (χ1n) is 10.0. The number of nitrogens with one attached hydrogen (secondary N) is 2. The molecule has 0 radical (unpaired) electrons. The van der Waals surface area contributed by atoms with E-state index in [-0.39, 0.29) is 12.0 Å². The maximum atomic E-state index is 12.6. The third kappa shape index (κ3) is 5.45. The van der Waals surface area contributed by atoms with Gasteiger partial charge < -0.3 is 20.3 Å². The summed E-state index contributed by atoms with van der Waals surface area (Å²) in [6.45, 7) is 2.98. The minimum absolute atomic E-state index is 0.266. The molecular weight excluding hydrogens is 340 g/mol. The van der Waals surface area contributed by atoms with Crippen molar-refractivity contribution in [3.8, 4) is 0 Å². The van der Waals surface area contributed by atoms with E-state index in [2.05, 4.69) is 39.9 Å². The SMILES string of the molecule is CN=C(NCc1ccc(COC)cc1)NC1CCN(C(=O)C2CCCC2)C1. The molecule has 1 saturated carbocycles. The molecular formula is C21H32N4O2. The van der Waals surface area contributed by atoms with Gasteiger partial charge in [-0.2, -0.15) is 0 Å². The van der Waals surface area contributed by atoms with E-state index in [9.17, 15) is 4.79 Å². The van der Waals surface area contributed by atoms with Crippen molar-refractivity contribution >= 4 is 11.9 Å². The van der Waals surface area contributed by atoms with Crippen molar-refractivity contribution in [3.63, 3.8) is 0 Å². The molecule has 1 aromatic carbocycles. The van der Waals surface area contributed by atoms with Gasteiger partial charge in [0.2, 0.25) is 5.91 Å². The molecule has 0 bridgehead atoms. The predicted molar refractivity (Wildman–Crippen MR) is 107 cm³/mol. The molecule has 2 N–H and O–H groups in total. The van der Waals surface area contributed by atoms with Crippen LogP contribution in [0.3, 0.4) is 0 Å². The second-order valence-corrected chi connectivity index (χ2v) is 7.57. The fourth-order valence-electron chi connectivity index (χ4n) is 4.00. The Hall–Kier alpha value is -2.08. The number of carbonyl (C=O) groups excluding carboxylic acids is 1. The van der Waals surface area contributed by atoms with Crippen molar-refractivity contribution in [2.75, 3.05) is 27.2 Å². The first-order chi connectivity index (χ1) is 13.2. The quantitative estimate of drug-likeness (QED) is 0.594. The molecule has 1 aliphatic heterocycles. The number of hydrogen-bond acceptors (Lipinski definition) is 3. The smallest absolute Gasteiger partial charge is 0.225 e. The van der Waals surface area contributed by atoms with Crippen LogP contribution in [0.4, 0.5) is 0 Å². The molecule has 1 unspecified atom stereocenters. The number of hydrogen-bond donors (Lipinski definition) is 2. The molecule has 27 heavy (non-hydrogen) atoms. The first kappa shape index (κ1) is 19.7. The Morgan fingerprint density at radius 2 is 1.89 bits per heavy atom. The molecule has 148 valence electrons. The summed E-state index contributed by atoms with van der Waals surface area (Å²) in [5, 5.41) is 6.84. The first-order valence-corrected chi connectivity index (χ1v) is 10.0. The predicted octanol–water partition coefficient (Wildman–Crippen LogP) is 2.29. The number of rotatable bonds is 6. The van der Waals surface area contributed by atoms with Crippen molar-refractivity contribution in [2.45, 2.75) is 51.3 Å². The summed E-state index contributed by atoms with van der Waals surface area (Å²) < 4.78 is 5.14. The molecule has 1 aromatic rings. The molecule has 1 heterocycles. The van der Waals surface area contributed by atoms with Crippen LogP contribution >= 0.6 is 0 Å². The molecule has 1 saturated heterocycles. The maximum absolute atomic E-state index is 12.6. The molecule has 1 amide bonds. The summed E-state index contributed by atoms with van der Waals surface area (Å²) in [5.41, 5.74) is 2.36. The van der Waals surface area contributed by atoms with Crippen LogP contribution in [0.1, 0.15) is 43.2 Å². The zero-order valence-electron chi connectivity index (χ0n) is 16.5. The summed E-state index contributed by atoms with van der Waals surface area (Å²) in [6.07, 6.45) is 5.52. The Morgan fingerprint density at radius 1 is 1.19 bits per heavy atom. The van der Waals surface area contributed by atoms with Crippen LogP contribution in [-0.4, -0.2) is 50.1 Å². The molecule has 1 atom stereocenters. The minimum atomic E-state index is 0.266. The fraction of sp³-hybridized carbons (Fsp3) is 0.619. The molecule has 0 spiro atoms. The second kappa shape index (κ2) is 9.74. The van der Waals surface area contributed by atoms with E-state index in [1.54, 1.807) is 14.2 Å². The van der Waals surface area contributed by atoms with Gasteiger partial charge in [0.1, 0.15) is 0 Å². The van der Waals surface area contributed by atoms with Gasteiger partial charge in [-0.25, -0.2) is 0 Å². The van der Waals surface area contributed by atoms with Crippen LogP contribution in [0, 0.1) is 5.92 Å². The molecule has 6 nitrogen and oxygen atoms in total. The molecule has 2 fully saturated rings. The van der Waals surface area contributed by atoms with Gasteiger partial charge >= 0.3 is 0 Å². The van der Waals surface area contributed by atoms with Crippen LogP contribution in [0.15, 0.2) is 29.3 Å². The van der Waals surface area contributed by atoms with Gasteiger partial charge in [0, 0.05) is 45.8 Å². The zero-order chi connectivity index (χ0) is 19.1. The van der Waals surface area contributed by atoms with E-state index in [0.29, 0.717) is 19.1 Å². The van der Waals surface area contributed by atoms with Crippen LogP contribution in [0.5, 0.6) is 0 Å². The van der Waals surface area contributed by atoms with Gasteiger partial charge in [-0.1, -0.05) is 37.1 Å². The number of aliphatic imine (C=N–C) groups is 1. The lowest BCUT2D eigenvalue weighted by molar-refractivity contribution is -0.134. The van der Waals surface area contributed by atoms with Gasteiger partial charge in [0.15, 0.2) is 5.96 Å². The Balaban J connectivity index is 1.44. The molecule has 3 rings (SSSR count). The number of ether oxygens (including phenoxy) is 1. The lowest BCUT2D eigenvalue weighted by Crippen LogP contribution is -2.45. The number of likely N-dealkylation sites (tertiary alicyclic amines) is 1. The van der Waals surface area contributed by atoms with Gasteiger partial charge in [-0.05, 0) is 30.4 Å². The topological polar surface area (TPSA) is 66.0 Å². The summed E-state index contributed by atoms with van der Waals surface area (Å²) in [7, 11) is 3.49. The van der Waals surface area contributed by atoms with E-state index in [1.165, 1.54) is 24.0 Å². The van der Waals surface area contributed by atoms with E-state index in [1.807, 2.05) is 4.90 Å². The van der Waals surface area contributed by atoms with Crippen LogP contribution in [0.2, 0.25) is 0 Å². The third-order valence-corrected chi connectivity index (χ3v) is 5.56. The van der Waals surface area contributed by atoms with E-state index in [0.717, 1.165) is 38.3 Å². The number of guanidine groups is 1.